The molecule has 1 fully saturated rings. The number of amides is 1. The Balaban J connectivity index is 1.35. The summed E-state index contributed by atoms with van der Waals surface area (Å²) >= 11 is 0. The molecule has 1 aromatic heterocycles. The van der Waals surface area contributed by atoms with Gasteiger partial charge in [-0.25, -0.2) is 9.78 Å². The van der Waals surface area contributed by atoms with E-state index in [1.807, 2.05) is 67.7 Å². The first kappa shape index (κ1) is 17.1. The molecule has 1 aliphatic carbocycles. The van der Waals surface area contributed by atoms with Crippen LogP contribution in [0, 0.1) is 0 Å². The number of benzene rings is 1. The Labute approximate surface area is 148 Å². The van der Waals surface area contributed by atoms with Crippen LogP contribution in [0.1, 0.15) is 18.4 Å². The van der Waals surface area contributed by atoms with Gasteiger partial charge in [-0.1, -0.05) is 30.3 Å². The molecule has 2 N–H and O–H groups in total. The number of nitrogens with zero attached hydrogens (tertiary/aromatic N) is 2. The zero-order valence-electron chi connectivity index (χ0n) is 14.6. The molecular weight excluding hydrogens is 316 g/mol. The monoisotopic (exact) mass is 340 g/mol. The van der Waals surface area contributed by atoms with E-state index in [0.29, 0.717) is 12.6 Å². The Morgan fingerprint density at radius 1 is 1.16 bits per heavy atom. The van der Waals surface area contributed by atoms with E-state index in [1.165, 1.54) is 0 Å². The summed E-state index contributed by atoms with van der Waals surface area (Å²) in [5.41, 5.74) is 1.99. The van der Waals surface area contributed by atoms with E-state index >= 15 is 0 Å². The van der Waals surface area contributed by atoms with Crippen LogP contribution in [0.3, 0.4) is 0 Å². The number of pyridine rings is 1. The van der Waals surface area contributed by atoms with Gasteiger partial charge in [0.15, 0.2) is 0 Å². The summed E-state index contributed by atoms with van der Waals surface area (Å²) in [7, 11) is 3.93. The van der Waals surface area contributed by atoms with Gasteiger partial charge in [0.2, 0.25) is 0 Å². The highest BCUT2D eigenvalue weighted by atomic mass is 16.5. The second-order valence-corrected chi connectivity index (χ2v) is 6.52. The Morgan fingerprint density at radius 3 is 2.56 bits per heavy atom. The zero-order valence-corrected chi connectivity index (χ0v) is 14.6. The van der Waals surface area contributed by atoms with Crippen molar-refractivity contribution < 1.29 is 9.53 Å². The average molecular weight is 340 g/mol. The van der Waals surface area contributed by atoms with E-state index < -0.39 is 0 Å². The van der Waals surface area contributed by atoms with E-state index in [1.54, 1.807) is 0 Å². The van der Waals surface area contributed by atoms with Crippen molar-refractivity contribution in [2.75, 3.05) is 24.3 Å². The first-order valence-corrected chi connectivity index (χ1v) is 8.47. The fourth-order valence-corrected chi connectivity index (χ4v) is 2.76. The largest absolute Gasteiger partial charge is 0.445 e. The number of aromatic nitrogens is 1. The molecule has 0 saturated heterocycles. The predicted molar refractivity (Wildman–Crippen MR) is 98.8 cm³/mol. The molecule has 6 nitrogen and oxygen atoms in total. The van der Waals surface area contributed by atoms with Gasteiger partial charge in [-0.05, 0) is 30.5 Å². The molecule has 0 bridgehead atoms. The van der Waals surface area contributed by atoms with Gasteiger partial charge in [0.1, 0.15) is 12.4 Å². The standard InChI is InChI=1S/C19H24N4O2/c1-23(2)18-9-8-15(12-20-18)21-16-10-17(11-16)22-19(24)25-13-14-6-4-3-5-7-14/h3-9,12,16-17,21H,10-11,13H2,1-2H3,(H,22,24). The summed E-state index contributed by atoms with van der Waals surface area (Å²) in [4.78, 5) is 18.2. The van der Waals surface area contributed by atoms with Crippen LogP contribution in [0.2, 0.25) is 0 Å². The minimum Gasteiger partial charge on any atom is -0.445 e. The lowest BCUT2D eigenvalue weighted by Gasteiger charge is -2.36. The van der Waals surface area contributed by atoms with Crippen molar-refractivity contribution in [1.29, 1.82) is 0 Å². The number of carbonyl (C=O) groups is 1. The van der Waals surface area contributed by atoms with Crippen LogP contribution < -0.4 is 15.5 Å². The predicted octanol–water partition coefficient (Wildman–Crippen LogP) is 3.02. The number of anilines is 2. The van der Waals surface area contributed by atoms with Gasteiger partial charge in [-0.3, -0.25) is 0 Å². The summed E-state index contributed by atoms with van der Waals surface area (Å²) < 4.78 is 5.24. The SMILES string of the molecule is CN(C)c1ccc(NC2CC(NC(=O)OCc3ccccc3)C2)cn1. The summed E-state index contributed by atoms with van der Waals surface area (Å²) in [6.45, 7) is 0.297. The van der Waals surface area contributed by atoms with Gasteiger partial charge in [0.05, 0.1) is 11.9 Å². The molecule has 3 rings (SSSR count). The summed E-state index contributed by atoms with van der Waals surface area (Å²) in [5, 5.41) is 6.34. The first-order valence-electron chi connectivity index (χ1n) is 8.47. The van der Waals surface area contributed by atoms with Gasteiger partial charge >= 0.3 is 6.09 Å². The topological polar surface area (TPSA) is 66.5 Å². The quantitative estimate of drug-likeness (QED) is 0.846. The van der Waals surface area contributed by atoms with E-state index in [-0.39, 0.29) is 12.1 Å². The maximum Gasteiger partial charge on any atom is 0.407 e. The first-order chi connectivity index (χ1) is 12.1. The van der Waals surface area contributed by atoms with Crippen molar-refractivity contribution in [3.05, 3.63) is 54.2 Å². The number of alkyl carbamates (subject to hydrolysis) is 1. The fourth-order valence-electron chi connectivity index (χ4n) is 2.76. The molecule has 1 saturated carbocycles. The summed E-state index contributed by atoms with van der Waals surface area (Å²) in [5.74, 6) is 0.930. The molecule has 1 amide bonds. The molecule has 1 heterocycles. The van der Waals surface area contributed by atoms with Gasteiger partial charge in [0, 0.05) is 26.2 Å². The van der Waals surface area contributed by atoms with Gasteiger partial charge in [-0.2, -0.15) is 0 Å². The maximum absolute atomic E-state index is 11.8. The molecular formula is C19H24N4O2. The molecule has 132 valence electrons. The van der Waals surface area contributed by atoms with Crippen molar-refractivity contribution in [3.63, 3.8) is 0 Å². The molecule has 1 aliphatic rings. The number of hydrogen-bond acceptors (Lipinski definition) is 5. The van der Waals surface area contributed by atoms with Crippen molar-refractivity contribution in [2.24, 2.45) is 0 Å². The van der Waals surface area contributed by atoms with Crippen LogP contribution in [-0.2, 0) is 11.3 Å². The molecule has 0 spiro atoms. The normalized spacial score (nSPS) is 18.8. The van der Waals surface area contributed by atoms with Gasteiger partial charge in [-0.15, -0.1) is 0 Å². The lowest BCUT2D eigenvalue weighted by molar-refractivity contribution is 0.129. The lowest BCUT2D eigenvalue weighted by atomic mass is 9.87. The second kappa shape index (κ2) is 7.88. The number of carbonyl (C=O) groups excluding carboxylic acids is 1. The highest BCUT2D eigenvalue weighted by Crippen LogP contribution is 2.24. The van der Waals surface area contributed by atoms with Crippen LogP contribution in [-0.4, -0.2) is 37.3 Å². The van der Waals surface area contributed by atoms with Crippen molar-refractivity contribution in [1.82, 2.24) is 10.3 Å². The number of rotatable bonds is 6. The third kappa shape index (κ3) is 4.86. The fraction of sp³-hybridized carbons (Fsp3) is 0.368. The molecule has 0 radical (unpaired) electrons. The van der Waals surface area contributed by atoms with Crippen LogP contribution in [0.15, 0.2) is 48.7 Å². The minimum atomic E-state index is -0.357. The molecule has 6 heteroatoms. The molecule has 25 heavy (non-hydrogen) atoms. The van der Waals surface area contributed by atoms with E-state index in [4.69, 9.17) is 4.74 Å². The second-order valence-electron chi connectivity index (χ2n) is 6.52. The molecule has 0 aliphatic heterocycles. The van der Waals surface area contributed by atoms with Crippen LogP contribution in [0.5, 0.6) is 0 Å². The Morgan fingerprint density at radius 2 is 1.92 bits per heavy atom. The van der Waals surface area contributed by atoms with Gasteiger partial charge in [0.25, 0.3) is 0 Å². The van der Waals surface area contributed by atoms with E-state index in [9.17, 15) is 4.79 Å². The van der Waals surface area contributed by atoms with Gasteiger partial charge < -0.3 is 20.3 Å². The highest BCUT2D eigenvalue weighted by Gasteiger charge is 2.30. The van der Waals surface area contributed by atoms with Crippen LogP contribution in [0.25, 0.3) is 0 Å². The Hall–Kier alpha value is -2.76. The van der Waals surface area contributed by atoms with E-state index in [2.05, 4.69) is 15.6 Å². The average Bonchev–Trinajstić information content (AvgIpc) is 2.59. The molecule has 1 aromatic carbocycles. The van der Waals surface area contributed by atoms with Crippen LogP contribution >= 0.6 is 0 Å². The Kier molecular flexibility index (Phi) is 5.38. The van der Waals surface area contributed by atoms with Crippen molar-refractivity contribution >= 4 is 17.6 Å². The third-order valence-electron chi connectivity index (χ3n) is 4.25. The molecule has 2 aromatic rings. The number of nitrogens with one attached hydrogen (secondary N) is 2. The van der Waals surface area contributed by atoms with E-state index in [0.717, 1.165) is 29.9 Å². The van der Waals surface area contributed by atoms with Crippen molar-refractivity contribution in [2.45, 2.75) is 31.5 Å². The summed E-state index contributed by atoms with van der Waals surface area (Å²) in [6.07, 6.45) is 3.25. The number of ether oxygens (including phenoxy) is 1. The maximum atomic E-state index is 11.8. The lowest BCUT2D eigenvalue weighted by Crippen LogP contribution is -2.49. The smallest absolute Gasteiger partial charge is 0.407 e. The van der Waals surface area contributed by atoms with Crippen LogP contribution in [0.4, 0.5) is 16.3 Å². The zero-order chi connectivity index (χ0) is 17.6. The minimum absolute atomic E-state index is 0.162. The third-order valence-corrected chi connectivity index (χ3v) is 4.25. The highest BCUT2D eigenvalue weighted by molar-refractivity contribution is 5.67. The molecule has 0 atom stereocenters. The van der Waals surface area contributed by atoms with Crippen molar-refractivity contribution in [3.8, 4) is 0 Å². The summed E-state index contributed by atoms with van der Waals surface area (Å²) in [6, 6.07) is 14.2. The number of hydrogen-bond donors (Lipinski definition) is 2. The Bertz CT molecular complexity index is 682. The molecule has 0 unspecified atom stereocenters.